The third-order valence-corrected chi connectivity index (χ3v) is 5.66. The van der Waals surface area contributed by atoms with Crippen molar-refractivity contribution in [1.82, 2.24) is 19.4 Å². The number of benzene rings is 2. The molecule has 0 N–H and O–H groups in total. The Morgan fingerprint density at radius 2 is 1.77 bits per heavy atom. The van der Waals surface area contributed by atoms with Gasteiger partial charge in [-0.2, -0.15) is 4.98 Å². The van der Waals surface area contributed by atoms with Crippen molar-refractivity contribution in [2.45, 2.75) is 19.5 Å². The van der Waals surface area contributed by atoms with Crippen LogP contribution in [-0.4, -0.2) is 45.6 Å². The van der Waals surface area contributed by atoms with E-state index in [0.29, 0.717) is 6.01 Å². The zero-order chi connectivity index (χ0) is 20.3. The maximum atomic E-state index is 13.1. The van der Waals surface area contributed by atoms with Crippen molar-refractivity contribution in [1.29, 1.82) is 0 Å². The summed E-state index contributed by atoms with van der Waals surface area (Å²) in [6.45, 7) is 5.37. The predicted molar refractivity (Wildman–Crippen MR) is 114 cm³/mol. The van der Waals surface area contributed by atoms with Crippen molar-refractivity contribution in [3.8, 4) is 0 Å². The van der Waals surface area contributed by atoms with Gasteiger partial charge in [0, 0.05) is 45.5 Å². The number of hydrogen-bond acceptors (Lipinski definition) is 5. The predicted octanol–water partition coefficient (Wildman–Crippen LogP) is 3.73. The lowest BCUT2D eigenvalue weighted by Gasteiger charge is -2.33. The number of fused-ring (bicyclic) bond motifs is 1. The molecule has 0 aliphatic carbocycles. The number of aryl methyl sites for hydroxylation is 2. The van der Waals surface area contributed by atoms with Crippen LogP contribution in [-0.2, 0) is 19.5 Å². The van der Waals surface area contributed by atoms with Crippen LogP contribution in [0.5, 0.6) is 0 Å². The Balaban J connectivity index is 1.17. The minimum Gasteiger partial charge on any atom is -0.423 e. The van der Waals surface area contributed by atoms with E-state index >= 15 is 0 Å². The monoisotopic (exact) mass is 405 g/mol. The third-order valence-electron chi connectivity index (χ3n) is 5.66. The molecule has 2 aromatic heterocycles. The number of anilines is 1. The van der Waals surface area contributed by atoms with Gasteiger partial charge in [-0.3, -0.25) is 4.90 Å². The van der Waals surface area contributed by atoms with Gasteiger partial charge >= 0.3 is 0 Å². The molecule has 1 aliphatic rings. The highest BCUT2D eigenvalue weighted by Gasteiger charge is 2.21. The number of rotatable bonds is 6. The van der Waals surface area contributed by atoms with Gasteiger partial charge in [0.1, 0.15) is 11.3 Å². The van der Waals surface area contributed by atoms with Crippen molar-refractivity contribution in [3.63, 3.8) is 0 Å². The highest BCUT2D eigenvalue weighted by molar-refractivity contribution is 5.74. The van der Waals surface area contributed by atoms with Gasteiger partial charge in [0.25, 0.3) is 6.01 Å². The summed E-state index contributed by atoms with van der Waals surface area (Å²) in [5, 5.41) is 0. The van der Waals surface area contributed by atoms with Crippen molar-refractivity contribution >= 4 is 17.1 Å². The topological polar surface area (TPSA) is 50.3 Å². The molecule has 0 unspecified atom stereocenters. The van der Waals surface area contributed by atoms with Crippen LogP contribution in [0.25, 0.3) is 11.1 Å². The Labute approximate surface area is 174 Å². The molecule has 7 heteroatoms. The zero-order valence-corrected chi connectivity index (χ0v) is 16.7. The SMILES string of the molecule is Fc1ccc(CCn2cncc2CN2CCN(c3nc4ccccc4o3)CC2)cc1. The van der Waals surface area contributed by atoms with E-state index in [0.717, 1.165) is 62.4 Å². The Kier molecular flexibility index (Phi) is 5.19. The first kappa shape index (κ1) is 18.8. The Bertz CT molecular complexity index is 1080. The van der Waals surface area contributed by atoms with Gasteiger partial charge in [0.15, 0.2) is 5.58 Å². The van der Waals surface area contributed by atoms with Gasteiger partial charge < -0.3 is 13.9 Å². The first-order chi connectivity index (χ1) is 14.7. The van der Waals surface area contributed by atoms with Crippen LogP contribution < -0.4 is 4.90 Å². The normalized spacial score (nSPS) is 15.2. The van der Waals surface area contributed by atoms with Gasteiger partial charge in [-0.15, -0.1) is 0 Å². The Morgan fingerprint density at radius 3 is 2.57 bits per heavy atom. The maximum absolute atomic E-state index is 13.1. The van der Waals surface area contributed by atoms with Crippen LogP contribution in [0.4, 0.5) is 10.4 Å². The number of hydrogen-bond donors (Lipinski definition) is 0. The molecule has 0 saturated carbocycles. The fraction of sp³-hybridized carbons (Fsp3) is 0.304. The highest BCUT2D eigenvalue weighted by atomic mass is 19.1. The summed E-state index contributed by atoms with van der Waals surface area (Å²) in [5.74, 6) is -0.195. The number of imidazole rings is 1. The lowest BCUT2D eigenvalue weighted by atomic mass is 10.1. The van der Waals surface area contributed by atoms with Crippen LogP contribution >= 0.6 is 0 Å². The molecule has 1 saturated heterocycles. The largest absolute Gasteiger partial charge is 0.423 e. The molecule has 0 bridgehead atoms. The lowest BCUT2D eigenvalue weighted by Crippen LogP contribution is -2.46. The Morgan fingerprint density at radius 1 is 0.967 bits per heavy atom. The van der Waals surface area contributed by atoms with Crippen LogP contribution in [0.15, 0.2) is 65.5 Å². The number of halogens is 1. The molecule has 30 heavy (non-hydrogen) atoms. The number of oxazole rings is 1. The van der Waals surface area contributed by atoms with E-state index in [1.165, 1.54) is 17.8 Å². The first-order valence-electron chi connectivity index (χ1n) is 10.3. The molecule has 3 heterocycles. The molecule has 0 amide bonds. The summed E-state index contributed by atoms with van der Waals surface area (Å²) in [7, 11) is 0. The molecule has 0 atom stereocenters. The number of piperazine rings is 1. The average molecular weight is 405 g/mol. The summed E-state index contributed by atoms with van der Waals surface area (Å²) >= 11 is 0. The summed E-state index contributed by atoms with van der Waals surface area (Å²) in [6.07, 6.45) is 4.68. The lowest BCUT2D eigenvalue weighted by molar-refractivity contribution is 0.240. The minimum atomic E-state index is -0.195. The summed E-state index contributed by atoms with van der Waals surface area (Å²) < 4.78 is 21.2. The fourth-order valence-electron chi connectivity index (χ4n) is 3.90. The number of nitrogens with zero attached hydrogens (tertiary/aromatic N) is 5. The molecule has 1 aliphatic heterocycles. The quantitative estimate of drug-likeness (QED) is 0.489. The number of para-hydroxylation sites is 2. The average Bonchev–Trinajstić information content (AvgIpc) is 3.40. The highest BCUT2D eigenvalue weighted by Crippen LogP contribution is 2.23. The smallest absolute Gasteiger partial charge is 0.298 e. The van der Waals surface area contributed by atoms with Crippen LogP contribution in [0, 0.1) is 5.82 Å². The maximum Gasteiger partial charge on any atom is 0.298 e. The second-order valence-corrected chi connectivity index (χ2v) is 7.68. The first-order valence-corrected chi connectivity index (χ1v) is 10.3. The van der Waals surface area contributed by atoms with Gasteiger partial charge in [-0.1, -0.05) is 24.3 Å². The Hall–Kier alpha value is -3.19. The van der Waals surface area contributed by atoms with Crippen LogP contribution in [0.3, 0.4) is 0 Å². The second kappa shape index (κ2) is 8.28. The summed E-state index contributed by atoms with van der Waals surface area (Å²) in [6, 6.07) is 15.3. The summed E-state index contributed by atoms with van der Waals surface area (Å²) in [4.78, 5) is 13.6. The molecule has 4 aromatic rings. The molecule has 1 fully saturated rings. The van der Waals surface area contributed by atoms with Crippen molar-refractivity contribution in [2.24, 2.45) is 0 Å². The fourth-order valence-corrected chi connectivity index (χ4v) is 3.90. The molecule has 6 nitrogen and oxygen atoms in total. The van der Waals surface area contributed by atoms with Crippen LogP contribution in [0.1, 0.15) is 11.3 Å². The molecule has 5 rings (SSSR count). The minimum absolute atomic E-state index is 0.195. The van der Waals surface area contributed by atoms with E-state index in [2.05, 4.69) is 24.3 Å². The number of aromatic nitrogens is 3. The summed E-state index contributed by atoms with van der Waals surface area (Å²) in [5.41, 5.74) is 4.07. The van der Waals surface area contributed by atoms with Gasteiger partial charge in [0.05, 0.1) is 12.0 Å². The van der Waals surface area contributed by atoms with Crippen molar-refractivity contribution in [2.75, 3.05) is 31.1 Å². The molecular weight excluding hydrogens is 381 g/mol. The van der Waals surface area contributed by atoms with Gasteiger partial charge in [-0.25, -0.2) is 9.37 Å². The molecule has 0 spiro atoms. The van der Waals surface area contributed by atoms with E-state index < -0.39 is 0 Å². The van der Waals surface area contributed by atoms with Crippen molar-refractivity contribution < 1.29 is 8.81 Å². The molecule has 0 radical (unpaired) electrons. The third kappa shape index (κ3) is 4.07. The van der Waals surface area contributed by atoms with E-state index in [4.69, 9.17) is 4.42 Å². The van der Waals surface area contributed by atoms with Gasteiger partial charge in [0.2, 0.25) is 0 Å². The zero-order valence-electron chi connectivity index (χ0n) is 16.7. The van der Waals surface area contributed by atoms with Crippen LogP contribution in [0.2, 0.25) is 0 Å². The molecule has 154 valence electrons. The van der Waals surface area contributed by atoms with E-state index in [-0.39, 0.29) is 5.82 Å². The molecular formula is C23H24FN5O. The van der Waals surface area contributed by atoms with Gasteiger partial charge in [-0.05, 0) is 36.2 Å². The standard InChI is InChI=1S/C23H24FN5O/c24-19-7-5-18(6-8-19)9-10-29-17-25-15-20(29)16-27-11-13-28(14-12-27)23-26-21-3-1-2-4-22(21)30-23/h1-8,15,17H,9-14,16H2. The van der Waals surface area contributed by atoms with E-state index in [1.807, 2.05) is 48.9 Å². The van der Waals surface area contributed by atoms with E-state index in [1.54, 1.807) is 0 Å². The molecule has 2 aromatic carbocycles. The second-order valence-electron chi connectivity index (χ2n) is 7.68. The van der Waals surface area contributed by atoms with Crippen molar-refractivity contribution in [3.05, 3.63) is 78.1 Å². The van der Waals surface area contributed by atoms with E-state index in [9.17, 15) is 4.39 Å².